The van der Waals surface area contributed by atoms with Gasteiger partial charge in [-0.2, -0.15) is 0 Å². The van der Waals surface area contributed by atoms with Gasteiger partial charge in [-0.3, -0.25) is 9.80 Å². The minimum atomic E-state index is -0.296. The van der Waals surface area contributed by atoms with E-state index in [4.69, 9.17) is 0 Å². The first kappa shape index (κ1) is 7.97. The SMILES string of the molecule is CC1=C([O-])N(C)N2C(=O)C=CNC12. The maximum absolute atomic E-state index is 11.4. The first-order chi connectivity index (χ1) is 6.13. The molecule has 5 heteroatoms. The number of carbonyl (C=O) groups is 1. The average Bonchev–Trinajstić information content (AvgIpc) is 2.33. The van der Waals surface area contributed by atoms with E-state index in [1.54, 1.807) is 20.2 Å². The highest BCUT2D eigenvalue weighted by molar-refractivity contribution is 5.88. The first-order valence-electron chi connectivity index (χ1n) is 4.00. The molecule has 0 aromatic carbocycles. The monoisotopic (exact) mass is 180 g/mol. The van der Waals surface area contributed by atoms with Crippen LogP contribution in [0.3, 0.4) is 0 Å². The van der Waals surface area contributed by atoms with Crippen molar-refractivity contribution in [1.82, 2.24) is 15.3 Å². The Kier molecular flexibility index (Phi) is 1.48. The molecule has 0 spiro atoms. The number of amides is 1. The smallest absolute Gasteiger partial charge is 0.268 e. The molecule has 1 N–H and O–H groups in total. The summed E-state index contributed by atoms with van der Waals surface area (Å²) in [6, 6.07) is 0. The van der Waals surface area contributed by atoms with Crippen LogP contribution in [-0.2, 0) is 4.79 Å². The van der Waals surface area contributed by atoms with Gasteiger partial charge in [-0.15, -0.1) is 0 Å². The largest absolute Gasteiger partial charge is 0.859 e. The van der Waals surface area contributed by atoms with Crippen LogP contribution in [0.25, 0.3) is 0 Å². The predicted octanol–water partition coefficient (Wildman–Crippen LogP) is -1.29. The molecule has 1 atom stereocenters. The lowest BCUT2D eigenvalue weighted by Gasteiger charge is -2.35. The minimum Gasteiger partial charge on any atom is -0.859 e. The van der Waals surface area contributed by atoms with E-state index in [0.29, 0.717) is 5.57 Å². The molecule has 0 fully saturated rings. The zero-order valence-electron chi connectivity index (χ0n) is 7.44. The van der Waals surface area contributed by atoms with Gasteiger partial charge in [-0.1, -0.05) is 0 Å². The molecule has 2 aliphatic rings. The Hall–Kier alpha value is -1.65. The topological polar surface area (TPSA) is 58.6 Å². The number of rotatable bonds is 0. The molecule has 0 aromatic heterocycles. The summed E-state index contributed by atoms with van der Waals surface area (Å²) in [5, 5.41) is 17.1. The predicted molar refractivity (Wildman–Crippen MR) is 43.4 cm³/mol. The molecule has 1 unspecified atom stereocenters. The molecule has 5 nitrogen and oxygen atoms in total. The Morgan fingerprint density at radius 2 is 2.31 bits per heavy atom. The quantitative estimate of drug-likeness (QED) is 0.504. The van der Waals surface area contributed by atoms with Crippen molar-refractivity contribution in [3.05, 3.63) is 23.7 Å². The summed E-state index contributed by atoms with van der Waals surface area (Å²) in [7, 11) is 1.59. The van der Waals surface area contributed by atoms with Gasteiger partial charge in [0.1, 0.15) is 6.17 Å². The van der Waals surface area contributed by atoms with Crippen LogP contribution in [0.5, 0.6) is 0 Å². The Bertz CT molecular complexity index is 321. The van der Waals surface area contributed by atoms with Gasteiger partial charge in [-0.25, -0.2) is 5.01 Å². The summed E-state index contributed by atoms with van der Waals surface area (Å²) < 4.78 is 0. The highest BCUT2D eigenvalue weighted by atomic mass is 16.3. The Labute approximate surface area is 75.9 Å². The normalized spacial score (nSPS) is 26.6. The van der Waals surface area contributed by atoms with Gasteiger partial charge in [0.2, 0.25) is 0 Å². The van der Waals surface area contributed by atoms with Crippen molar-refractivity contribution in [2.45, 2.75) is 13.1 Å². The highest BCUT2D eigenvalue weighted by Gasteiger charge is 2.34. The summed E-state index contributed by atoms with van der Waals surface area (Å²) >= 11 is 0. The molecule has 2 heterocycles. The second-order valence-corrected chi connectivity index (χ2v) is 3.10. The molecule has 0 saturated carbocycles. The van der Waals surface area contributed by atoms with E-state index in [-0.39, 0.29) is 18.0 Å². The van der Waals surface area contributed by atoms with Gasteiger partial charge in [0, 0.05) is 19.3 Å². The number of hydrazine groups is 1. The number of nitrogens with zero attached hydrogens (tertiary/aromatic N) is 2. The number of hydrogen-bond donors (Lipinski definition) is 1. The van der Waals surface area contributed by atoms with Gasteiger partial charge in [-0.05, 0) is 18.4 Å². The van der Waals surface area contributed by atoms with Crippen molar-refractivity contribution in [3.63, 3.8) is 0 Å². The van der Waals surface area contributed by atoms with Crippen LogP contribution in [0.15, 0.2) is 23.7 Å². The van der Waals surface area contributed by atoms with Crippen molar-refractivity contribution in [2.75, 3.05) is 7.05 Å². The van der Waals surface area contributed by atoms with E-state index < -0.39 is 0 Å². The van der Waals surface area contributed by atoms with Crippen molar-refractivity contribution in [2.24, 2.45) is 0 Å². The van der Waals surface area contributed by atoms with E-state index in [0.717, 1.165) is 0 Å². The molecule has 0 saturated heterocycles. The fourth-order valence-electron chi connectivity index (χ4n) is 1.58. The van der Waals surface area contributed by atoms with E-state index in [1.807, 2.05) is 0 Å². The van der Waals surface area contributed by atoms with Gasteiger partial charge in [0.25, 0.3) is 5.91 Å². The summed E-state index contributed by atoms with van der Waals surface area (Å²) in [6.07, 6.45) is 2.67. The zero-order chi connectivity index (χ0) is 9.59. The number of carbonyl (C=O) groups excluding carboxylic acids is 1. The molecule has 0 radical (unpaired) electrons. The van der Waals surface area contributed by atoms with Crippen LogP contribution in [0.4, 0.5) is 0 Å². The summed E-state index contributed by atoms with van der Waals surface area (Å²) in [5.74, 6) is -0.286. The van der Waals surface area contributed by atoms with Crippen LogP contribution in [0.2, 0.25) is 0 Å². The maximum Gasteiger partial charge on any atom is 0.268 e. The van der Waals surface area contributed by atoms with Gasteiger partial charge in [0.05, 0.1) is 0 Å². The second kappa shape index (κ2) is 2.42. The molecule has 2 aliphatic heterocycles. The van der Waals surface area contributed by atoms with E-state index >= 15 is 0 Å². The molecule has 0 aliphatic carbocycles. The standard InChI is InChI=1S/C8H11N3O2/c1-5-7-9-4-3-6(12)11(7)10(2)8(5)13/h3-4,7,9,13H,1-2H3/p-1. The molecule has 2 rings (SSSR count). The lowest BCUT2D eigenvalue weighted by Crippen LogP contribution is -2.52. The third kappa shape index (κ3) is 0.898. The molecular formula is C8H10N3O2-. The second-order valence-electron chi connectivity index (χ2n) is 3.10. The van der Waals surface area contributed by atoms with Crippen LogP contribution in [0.1, 0.15) is 6.92 Å². The third-order valence-electron chi connectivity index (χ3n) is 2.31. The molecule has 0 bridgehead atoms. The molecule has 70 valence electrons. The van der Waals surface area contributed by atoms with E-state index in [1.165, 1.54) is 16.1 Å². The van der Waals surface area contributed by atoms with E-state index in [9.17, 15) is 9.90 Å². The van der Waals surface area contributed by atoms with Crippen molar-refractivity contribution in [3.8, 4) is 0 Å². The van der Waals surface area contributed by atoms with Gasteiger partial charge < -0.3 is 10.4 Å². The molecule has 1 amide bonds. The Morgan fingerprint density at radius 1 is 1.62 bits per heavy atom. The zero-order valence-corrected chi connectivity index (χ0v) is 7.44. The maximum atomic E-state index is 11.4. The van der Waals surface area contributed by atoms with Gasteiger partial charge in [0.15, 0.2) is 0 Å². The summed E-state index contributed by atoms with van der Waals surface area (Å²) in [5.41, 5.74) is 0.639. The fourth-order valence-corrected chi connectivity index (χ4v) is 1.58. The van der Waals surface area contributed by atoms with Gasteiger partial charge >= 0.3 is 0 Å². The first-order valence-corrected chi connectivity index (χ1v) is 4.00. The Morgan fingerprint density at radius 3 is 2.92 bits per heavy atom. The molecule has 13 heavy (non-hydrogen) atoms. The summed E-state index contributed by atoms with van der Waals surface area (Å²) in [6.45, 7) is 1.73. The average molecular weight is 180 g/mol. The van der Waals surface area contributed by atoms with E-state index in [2.05, 4.69) is 5.32 Å². The number of fused-ring (bicyclic) bond motifs is 1. The molecule has 0 aromatic rings. The van der Waals surface area contributed by atoms with Crippen LogP contribution in [0, 0.1) is 0 Å². The minimum absolute atomic E-state index is 0.116. The fraction of sp³-hybridized carbons (Fsp3) is 0.375. The van der Waals surface area contributed by atoms with Crippen molar-refractivity contribution in [1.29, 1.82) is 0 Å². The third-order valence-corrected chi connectivity index (χ3v) is 2.31. The lowest BCUT2D eigenvalue weighted by molar-refractivity contribution is -0.340. The number of hydrogen-bond acceptors (Lipinski definition) is 4. The van der Waals surface area contributed by atoms with Crippen molar-refractivity contribution < 1.29 is 9.90 Å². The van der Waals surface area contributed by atoms with Crippen LogP contribution >= 0.6 is 0 Å². The lowest BCUT2D eigenvalue weighted by atomic mass is 10.2. The van der Waals surface area contributed by atoms with Crippen LogP contribution < -0.4 is 10.4 Å². The van der Waals surface area contributed by atoms with Crippen molar-refractivity contribution >= 4 is 5.91 Å². The Balaban J connectivity index is 2.39. The highest BCUT2D eigenvalue weighted by Crippen LogP contribution is 2.24. The number of nitrogens with one attached hydrogen (secondary N) is 1. The summed E-state index contributed by atoms with van der Waals surface area (Å²) in [4.78, 5) is 11.4. The molecular weight excluding hydrogens is 170 g/mol. The van der Waals surface area contributed by atoms with Crippen LogP contribution in [-0.4, -0.2) is 29.1 Å².